The molecule has 0 N–H and O–H groups in total. The summed E-state index contributed by atoms with van der Waals surface area (Å²) < 4.78 is 8.89. The van der Waals surface area contributed by atoms with Crippen molar-refractivity contribution in [2.24, 2.45) is 0 Å². The van der Waals surface area contributed by atoms with E-state index in [0.29, 0.717) is 17.5 Å². The van der Waals surface area contributed by atoms with E-state index >= 15 is 0 Å². The van der Waals surface area contributed by atoms with Crippen LogP contribution in [-0.4, -0.2) is 15.0 Å². The van der Waals surface area contributed by atoms with E-state index in [9.17, 15) is 0 Å². The van der Waals surface area contributed by atoms with E-state index in [1.54, 1.807) is 11.3 Å². The van der Waals surface area contributed by atoms with Gasteiger partial charge in [-0.2, -0.15) is 0 Å². The van der Waals surface area contributed by atoms with E-state index in [1.165, 1.54) is 21.0 Å². The zero-order valence-electron chi connectivity index (χ0n) is 26.7. The highest BCUT2D eigenvalue weighted by molar-refractivity contribution is 7.26. The average molecular weight is 658 g/mol. The summed E-state index contributed by atoms with van der Waals surface area (Å²) >= 11 is 1.77. The Morgan fingerprint density at radius 3 is 1.62 bits per heavy atom. The molecule has 0 atom stereocenters. The van der Waals surface area contributed by atoms with Gasteiger partial charge < -0.3 is 4.42 Å². The Bertz CT molecular complexity index is 2860. The fraction of sp³-hybridized carbons (Fsp3) is 0. The molecule has 0 unspecified atom stereocenters. The largest absolute Gasteiger partial charge is 0.456 e. The first-order valence-electron chi connectivity index (χ1n) is 16.6. The van der Waals surface area contributed by atoms with Crippen LogP contribution in [0.4, 0.5) is 0 Å². The Labute approximate surface area is 292 Å². The van der Waals surface area contributed by atoms with Crippen molar-refractivity contribution in [1.82, 2.24) is 15.0 Å². The number of rotatable bonds is 5. The topological polar surface area (TPSA) is 51.8 Å². The van der Waals surface area contributed by atoms with Crippen LogP contribution < -0.4 is 0 Å². The number of benzene rings is 7. The van der Waals surface area contributed by atoms with Crippen LogP contribution in [0.15, 0.2) is 168 Å². The van der Waals surface area contributed by atoms with Gasteiger partial charge in [-0.1, -0.05) is 127 Å². The van der Waals surface area contributed by atoms with Gasteiger partial charge in [0.05, 0.1) is 0 Å². The van der Waals surface area contributed by atoms with Gasteiger partial charge in [0.1, 0.15) is 11.2 Å². The first-order chi connectivity index (χ1) is 24.7. The average Bonchev–Trinajstić information content (AvgIpc) is 3.76. The maximum atomic E-state index is 6.48. The van der Waals surface area contributed by atoms with Gasteiger partial charge in [0.2, 0.25) is 0 Å². The molecule has 4 nitrogen and oxygen atoms in total. The zero-order chi connectivity index (χ0) is 33.0. The molecule has 3 heterocycles. The lowest BCUT2D eigenvalue weighted by Gasteiger charge is -2.10. The first-order valence-corrected chi connectivity index (χ1v) is 17.4. The first kappa shape index (κ1) is 28.6. The second kappa shape index (κ2) is 11.6. The van der Waals surface area contributed by atoms with Crippen molar-refractivity contribution < 1.29 is 4.42 Å². The SMILES string of the molecule is c1ccc(-c2ccc(-c3nc(-c4ccc5c(c4)oc4cc(-c6ccccc6)ccc45)nc(-c4cccc5c4sc4ccccc45)n3)cc2)cc1. The van der Waals surface area contributed by atoms with Crippen molar-refractivity contribution in [2.75, 3.05) is 0 Å². The molecule has 0 spiro atoms. The highest BCUT2D eigenvalue weighted by Gasteiger charge is 2.18. The molecule has 0 saturated carbocycles. The molecule has 7 aromatic carbocycles. The van der Waals surface area contributed by atoms with E-state index in [1.807, 2.05) is 12.1 Å². The summed E-state index contributed by atoms with van der Waals surface area (Å²) in [6, 6.07) is 56.8. The minimum atomic E-state index is 0.600. The van der Waals surface area contributed by atoms with Gasteiger partial charge in [0.15, 0.2) is 17.5 Å². The van der Waals surface area contributed by atoms with Gasteiger partial charge in [-0.25, -0.2) is 15.0 Å². The number of thiophene rings is 1. The lowest BCUT2D eigenvalue weighted by Crippen LogP contribution is -2.00. The monoisotopic (exact) mass is 657 g/mol. The van der Waals surface area contributed by atoms with Crippen LogP contribution in [0.25, 0.3) is 98.5 Å². The summed E-state index contributed by atoms with van der Waals surface area (Å²) in [5.41, 5.74) is 9.03. The van der Waals surface area contributed by atoms with Gasteiger partial charge in [-0.3, -0.25) is 0 Å². The summed E-state index contributed by atoms with van der Waals surface area (Å²) in [7, 11) is 0. The zero-order valence-corrected chi connectivity index (χ0v) is 27.6. The van der Waals surface area contributed by atoms with Crippen LogP contribution in [0, 0.1) is 0 Å². The summed E-state index contributed by atoms with van der Waals surface area (Å²) in [5, 5.41) is 4.59. The molecular formula is C45H27N3OS. The molecule has 50 heavy (non-hydrogen) atoms. The van der Waals surface area contributed by atoms with Crippen molar-refractivity contribution in [3.05, 3.63) is 164 Å². The number of nitrogens with zero attached hydrogens (tertiary/aromatic N) is 3. The molecule has 0 aliphatic carbocycles. The lowest BCUT2D eigenvalue weighted by molar-refractivity contribution is 0.669. The molecule has 0 bridgehead atoms. The van der Waals surface area contributed by atoms with Crippen molar-refractivity contribution in [2.45, 2.75) is 0 Å². The molecule has 10 rings (SSSR count). The van der Waals surface area contributed by atoms with Gasteiger partial charge in [0, 0.05) is 47.6 Å². The summed E-state index contributed by atoms with van der Waals surface area (Å²) in [6.07, 6.45) is 0. The van der Waals surface area contributed by atoms with Crippen LogP contribution in [-0.2, 0) is 0 Å². The molecule has 0 fully saturated rings. The fourth-order valence-corrected chi connectivity index (χ4v) is 8.06. The predicted octanol–water partition coefficient (Wildman–Crippen LogP) is 12.5. The van der Waals surface area contributed by atoms with Crippen molar-refractivity contribution in [1.29, 1.82) is 0 Å². The van der Waals surface area contributed by atoms with Crippen molar-refractivity contribution >= 4 is 53.4 Å². The van der Waals surface area contributed by atoms with E-state index in [2.05, 4.69) is 152 Å². The molecule has 234 valence electrons. The van der Waals surface area contributed by atoms with Crippen LogP contribution in [0.5, 0.6) is 0 Å². The van der Waals surface area contributed by atoms with E-state index in [4.69, 9.17) is 19.4 Å². The smallest absolute Gasteiger partial charge is 0.165 e. The second-order valence-corrected chi connectivity index (χ2v) is 13.5. The fourth-order valence-electron chi connectivity index (χ4n) is 6.85. The third-order valence-corrected chi connectivity index (χ3v) is 10.6. The predicted molar refractivity (Wildman–Crippen MR) is 207 cm³/mol. The Balaban J connectivity index is 1.13. The second-order valence-electron chi connectivity index (χ2n) is 12.4. The van der Waals surface area contributed by atoms with Crippen molar-refractivity contribution in [3.63, 3.8) is 0 Å². The Morgan fingerprint density at radius 1 is 0.360 bits per heavy atom. The summed E-state index contributed by atoms with van der Waals surface area (Å²) in [6.45, 7) is 0. The molecular weight excluding hydrogens is 631 g/mol. The molecule has 10 aromatic rings. The number of fused-ring (bicyclic) bond motifs is 6. The van der Waals surface area contributed by atoms with Crippen molar-refractivity contribution in [3.8, 4) is 56.4 Å². The number of hydrogen-bond donors (Lipinski definition) is 0. The Kier molecular flexibility index (Phi) is 6.64. The quantitative estimate of drug-likeness (QED) is 0.185. The van der Waals surface area contributed by atoms with Crippen LogP contribution in [0.3, 0.4) is 0 Å². The van der Waals surface area contributed by atoms with E-state index < -0.39 is 0 Å². The normalized spacial score (nSPS) is 11.6. The Hall–Kier alpha value is -6.43. The number of furan rings is 1. The molecule has 3 aromatic heterocycles. The van der Waals surface area contributed by atoms with Gasteiger partial charge in [-0.05, 0) is 58.7 Å². The lowest BCUT2D eigenvalue weighted by atomic mass is 10.0. The van der Waals surface area contributed by atoms with Gasteiger partial charge >= 0.3 is 0 Å². The number of hydrogen-bond acceptors (Lipinski definition) is 5. The van der Waals surface area contributed by atoms with Crippen LogP contribution in [0.1, 0.15) is 0 Å². The maximum absolute atomic E-state index is 6.48. The highest BCUT2D eigenvalue weighted by atomic mass is 32.1. The van der Waals surface area contributed by atoms with E-state index in [0.717, 1.165) is 60.0 Å². The van der Waals surface area contributed by atoms with Crippen LogP contribution >= 0.6 is 11.3 Å². The maximum Gasteiger partial charge on any atom is 0.165 e. The van der Waals surface area contributed by atoms with Gasteiger partial charge in [-0.15, -0.1) is 11.3 Å². The van der Waals surface area contributed by atoms with Gasteiger partial charge in [0.25, 0.3) is 0 Å². The molecule has 0 radical (unpaired) electrons. The number of aromatic nitrogens is 3. The third kappa shape index (κ3) is 4.87. The highest BCUT2D eigenvalue weighted by Crippen LogP contribution is 2.40. The molecule has 0 aliphatic rings. The standard InChI is InChI=1S/C45H27N3OS/c1-3-10-28(11-4-1)30-18-20-31(21-19-30)43-46-44(48-45(47-43)38-16-9-15-37-36-14-7-8-17-41(36)50-42(37)38)33-23-25-35-34-24-22-32(29-12-5-2-6-13-29)26-39(34)49-40(35)27-33/h1-27H. The minimum absolute atomic E-state index is 0.600. The molecule has 0 saturated heterocycles. The molecule has 0 amide bonds. The Morgan fingerprint density at radius 2 is 0.880 bits per heavy atom. The minimum Gasteiger partial charge on any atom is -0.456 e. The molecule has 5 heteroatoms. The van der Waals surface area contributed by atoms with E-state index in [-0.39, 0.29) is 0 Å². The summed E-state index contributed by atoms with van der Waals surface area (Å²) in [4.78, 5) is 15.3. The molecule has 0 aliphatic heterocycles. The summed E-state index contributed by atoms with van der Waals surface area (Å²) in [5.74, 6) is 1.87. The van der Waals surface area contributed by atoms with Crippen LogP contribution in [0.2, 0.25) is 0 Å². The third-order valence-electron chi connectivity index (χ3n) is 9.37.